The molecule has 0 radical (unpaired) electrons. The average Bonchev–Trinajstić information content (AvgIpc) is 3.78. The summed E-state index contributed by atoms with van der Waals surface area (Å²) in [5.41, 5.74) is 2.52. The summed E-state index contributed by atoms with van der Waals surface area (Å²) < 4.78 is 28.4. The van der Waals surface area contributed by atoms with E-state index in [1.165, 1.54) is 5.56 Å². The predicted octanol–water partition coefficient (Wildman–Crippen LogP) is 7.50. The monoisotopic (exact) mass is 564 g/mol. The third kappa shape index (κ3) is 5.84. The van der Waals surface area contributed by atoms with E-state index in [1.807, 2.05) is 36.2 Å². The smallest absolute Gasteiger partial charge is 0.192 e. The number of benzene rings is 2. The zero-order valence-electron chi connectivity index (χ0n) is 25.3. The molecule has 0 N–H and O–H groups in total. The van der Waals surface area contributed by atoms with E-state index in [-0.39, 0.29) is 10.9 Å². The maximum Gasteiger partial charge on any atom is 0.192 e. The number of para-hydroxylation sites is 1. The predicted molar refractivity (Wildman–Crippen MR) is 165 cm³/mol. The van der Waals surface area contributed by atoms with Crippen LogP contribution in [0.4, 0.5) is 15.9 Å². The van der Waals surface area contributed by atoms with Gasteiger partial charge in [0.05, 0.1) is 30.3 Å². The minimum Gasteiger partial charge on any atom is -0.496 e. The summed E-state index contributed by atoms with van der Waals surface area (Å²) in [7, 11) is 1.81. The highest BCUT2D eigenvalue weighted by Gasteiger charge is 2.37. The number of rotatable bonds is 9. The van der Waals surface area contributed by atoms with Crippen LogP contribution >= 0.6 is 0 Å². The van der Waals surface area contributed by atoms with Crippen LogP contribution < -0.4 is 14.5 Å². The number of likely N-dealkylation sites (N-methyl/N-ethyl adjacent to an activating group) is 1. The topological polar surface area (TPSA) is 50.7 Å². The van der Waals surface area contributed by atoms with Crippen LogP contribution in [0, 0.1) is 5.82 Å². The van der Waals surface area contributed by atoms with Gasteiger partial charge in [-0.1, -0.05) is 39.0 Å². The van der Waals surface area contributed by atoms with Gasteiger partial charge in [-0.2, -0.15) is 0 Å². The maximum absolute atomic E-state index is 16.4. The minimum absolute atomic E-state index is 0.143. The Balaban J connectivity index is 1.40. The van der Waals surface area contributed by atoms with E-state index in [9.17, 15) is 0 Å². The number of halogens is 1. The zero-order valence-corrected chi connectivity index (χ0v) is 26.3. The number of fused-ring (bicyclic) bond motifs is 1. The van der Waals surface area contributed by atoms with Crippen molar-refractivity contribution < 1.29 is 13.6 Å². The molecule has 1 aliphatic carbocycles. The first-order chi connectivity index (χ1) is 19.0. The third-order valence-corrected chi connectivity index (χ3v) is 13.7. The van der Waals surface area contributed by atoms with Gasteiger partial charge in [-0.25, -0.2) is 14.4 Å². The molecule has 1 saturated carbocycles. The summed E-state index contributed by atoms with van der Waals surface area (Å²) in [6.07, 6.45) is 4.16. The van der Waals surface area contributed by atoms with Gasteiger partial charge in [-0.15, -0.1) is 0 Å². The number of piperidine rings is 1. The van der Waals surface area contributed by atoms with Crippen LogP contribution in [0.25, 0.3) is 10.9 Å². The molecule has 0 spiro atoms. The second-order valence-corrected chi connectivity index (χ2v) is 17.8. The van der Waals surface area contributed by atoms with E-state index in [4.69, 9.17) is 19.1 Å². The largest absolute Gasteiger partial charge is 0.496 e. The highest BCUT2D eigenvalue weighted by Crippen LogP contribution is 2.43. The summed E-state index contributed by atoms with van der Waals surface area (Å²) in [5, 5.41) is 0.680. The molecule has 40 heavy (non-hydrogen) atoms. The number of hydrogen-bond acceptors (Lipinski definition) is 6. The summed E-state index contributed by atoms with van der Waals surface area (Å²) >= 11 is 0. The zero-order chi connectivity index (χ0) is 28.7. The van der Waals surface area contributed by atoms with Gasteiger partial charge in [-0.3, -0.25) is 0 Å². The summed E-state index contributed by atoms with van der Waals surface area (Å²) in [4.78, 5) is 14.1. The second-order valence-electron chi connectivity index (χ2n) is 13.0. The van der Waals surface area contributed by atoms with Crippen molar-refractivity contribution in [2.45, 2.75) is 76.4 Å². The Morgan fingerprint density at radius 2 is 1.70 bits per heavy atom. The normalized spacial score (nSPS) is 16.9. The van der Waals surface area contributed by atoms with E-state index in [1.54, 1.807) is 7.11 Å². The lowest BCUT2D eigenvalue weighted by atomic mass is 9.88. The molecule has 0 bridgehead atoms. The Bertz CT molecular complexity index is 1350. The van der Waals surface area contributed by atoms with Crippen molar-refractivity contribution in [1.82, 2.24) is 9.97 Å². The Labute approximate surface area is 240 Å². The fourth-order valence-corrected chi connectivity index (χ4v) is 6.44. The van der Waals surface area contributed by atoms with Gasteiger partial charge < -0.3 is 19.0 Å². The number of aromatic nitrogens is 2. The summed E-state index contributed by atoms with van der Waals surface area (Å²) in [6, 6.07) is 12.1. The molecule has 1 aliphatic heterocycles. The van der Waals surface area contributed by atoms with E-state index >= 15 is 4.39 Å². The van der Waals surface area contributed by atoms with Gasteiger partial charge in [0.25, 0.3) is 0 Å². The fraction of sp³-hybridized carbons (Fsp3) is 0.562. The first kappa shape index (κ1) is 28.8. The van der Waals surface area contributed by atoms with Gasteiger partial charge in [0.2, 0.25) is 0 Å². The first-order valence-corrected chi connectivity index (χ1v) is 17.6. The van der Waals surface area contributed by atoms with Crippen molar-refractivity contribution >= 4 is 30.7 Å². The molecule has 0 atom stereocenters. The lowest BCUT2D eigenvalue weighted by molar-refractivity contribution is 0.295. The number of methoxy groups -OCH3 is 1. The Hall–Kier alpha value is -2.71. The molecule has 1 aromatic heterocycles. The molecule has 5 rings (SSSR count). The molecule has 8 heteroatoms. The Morgan fingerprint density at radius 1 is 1.00 bits per heavy atom. The lowest BCUT2D eigenvalue weighted by Gasteiger charge is -2.36. The highest BCUT2D eigenvalue weighted by molar-refractivity contribution is 6.74. The van der Waals surface area contributed by atoms with Gasteiger partial charge >= 0.3 is 0 Å². The van der Waals surface area contributed by atoms with E-state index < -0.39 is 8.32 Å². The van der Waals surface area contributed by atoms with Gasteiger partial charge in [-0.05, 0) is 73.5 Å². The highest BCUT2D eigenvalue weighted by atomic mass is 28.4. The van der Waals surface area contributed by atoms with E-state index in [2.05, 4.69) is 50.9 Å². The fourth-order valence-electron chi connectivity index (χ4n) is 5.40. The summed E-state index contributed by atoms with van der Waals surface area (Å²) in [5.74, 6) is 3.12. The second kappa shape index (κ2) is 11.3. The van der Waals surface area contributed by atoms with E-state index in [0.29, 0.717) is 41.6 Å². The van der Waals surface area contributed by atoms with Crippen LogP contribution in [0.1, 0.15) is 69.7 Å². The molecule has 2 aliphatic rings. The van der Waals surface area contributed by atoms with Crippen molar-refractivity contribution in [3.8, 4) is 5.75 Å². The first-order valence-electron chi connectivity index (χ1n) is 14.7. The van der Waals surface area contributed by atoms with Crippen molar-refractivity contribution in [3.63, 3.8) is 0 Å². The number of nitrogens with zero attached hydrogens (tertiary/aromatic N) is 4. The van der Waals surface area contributed by atoms with Crippen molar-refractivity contribution in [3.05, 3.63) is 53.6 Å². The summed E-state index contributed by atoms with van der Waals surface area (Å²) in [6.45, 7) is 14.1. The Kier molecular flexibility index (Phi) is 8.12. The average molecular weight is 565 g/mol. The van der Waals surface area contributed by atoms with Crippen LogP contribution in [0.15, 0.2) is 36.4 Å². The molecule has 0 amide bonds. The van der Waals surface area contributed by atoms with Gasteiger partial charge in [0, 0.05) is 32.6 Å². The number of ether oxygens (including phenoxy) is 1. The van der Waals surface area contributed by atoms with Gasteiger partial charge in [0.1, 0.15) is 17.4 Å². The van der Waals surface area contributed by atoms with Crippen LogP contribution in [-0.4, -0.2) is 58.7 Å². The standard InChI is InChI=1S/C32H45FN4O2Si/c1-32(2,3)40(6,7)39-21-20-36(4)26-15-14-25-28(29(26)33)31(35-30(34-25)23-12-13-23)37-18-16-22(17-19-37)24-10-8-9-11-27(24)38-5/h8-11,14-15,22-23H,12-13,16-21H2,1-7H3. The molecule has 1 saturated heterocycles. The number of anilines is 2. The molecule has 3 aromatic rings. The molecule has 216 valence electrons. The molecule has 2 fully saturated rings. The molecular formula is C32H45FN4O2Si. The maximum atomic E-state index is 16.4. The van der Waals surface area contributed by atoms with Crippen LogP contribution in [0.5, 0.6) is 5.75 Å². The molecule has 2 aromatic carbocycles. The lowest BCUT2D eigenvalue weighted by Crippen LogP contribution is -2.42. The van der Waals surface area contributed by atoms with E-state index in [0.717, 1.165) is 56.2 Å². The van der Waals surface area contributed by atoms with Crippen LogP contribution in [-0.2, 0) is 4.43 Å². The Morgan fingerprint density at radius 3 is 2.35 bits per heavy atom. The van der Waals surface area contributed by atoms with Crippen molar-refractivity contribution in [1.29, 1.82) is 0 Å². The third-order valence-electron chi connectivity index (χ3n) is 9.20. The number of hydrogen-bond donors (Lipinski definition) is 0. The SMILES string of the molecule is COc1ccccc1C1CCN(c2nc(C3CC3)nc3ccc(N(C)CCO[Si](C)(C)C(C)(C)C)c(F)c23)CC1. The van der Waals surface area contributed by atoms with Crippen LogP contribution in [0.3, 0.4) is 0 Å². The molecule has 6 nitrogen and oxygen atoms in total. The molecule has 2 heterocycles. The van der Waals surface area contributed by atoms with Crippen molar-refractivity contribution in [2.24, 2.45) is 0 Å². The molecular weight excluding hydrogens is 519 g/mol. The quantitative estimate of drug-likeness (QED) is 0.251. The molecule has 0 unspecified atom stereocenters. The minimum atomic E-state index is -1.86. The van der Waals surface area contributed by atoms with Crippen molar-refractivity contribution in [2.75, 3.05) is 50.2 Å². The van der Waals surface area contributed by atoms with Gasteiger partial charge in [0.15, 0.2) is 14.1 Å². The van der Waals surface area contributed by atoms with Crippen LogP contribution in [0.2, 0.25) is 18.1 Å².